The molecule has 0 heterocycles. The van der Waals surface area contributed by atoms with Gasteiger partial charge in [-0.3, -0.25) is 0 Å². The van der Waals surface area contributed by atoms with Gasteiger partial charge in [-0.25, -0.2) is 4.79 Å². The molecule has 0 saturated heterocycles. The van der Waals surface area contributed by atoms with E-state index in [4.69, 9.17) is 9.47 Å². The van der Waals surface area contributed by atoms with Crippen molar-refractivity contribution >= 4 is 12.0 Å². The van der Waals surface area contributed by atoms with Crippen molar-refractivity contribution in [2.45, 2.75) is 33.3 Å². The summed E-state index contributed by atoms with van der Waals surface area (Å²) in [6.07, 6.45) is 4.13. The Balaban J connectivity index is 2.61. The first kappa shape index (κ1) is 14.3. The van der Waals surface area contributed by atoms with Gasteiger partial charge in [-0.1, -0.05) is 19.1 Å². The third kappa shape index (κ3) is 5.53. The monoisotopic (exact) mass is 248 g/mol. The lowest BCUT2D eigenvalue weighted by molar-refractivity contribution is -0.137. The number of hydrogen-bond donors (Lipinski definition) is 0. The molecule has 3 nitrogen and oxygen atoms in total. The van der Waals surface area contributed by atoms with Crippen molar-refractivity contribution in [1.82, 2.24) is 0 Å². The van der Waals surface area contributed by atoms with Gasteiger partial charge in [0.1, 0.15) is 5.75 Å². The van der Waals surface area contributed by atoms with Crippen LogP contribution >= 0.6 is 0 Å². The van der Waals surface area contributed by atoms with Crippen LogP contribution in [0.25, 0.3) is 6.08 Å². The molecule has 0 spiro atoms. The largest absolute Gasteiger partial charge is 0.491 e. The fraction of sp³-hybridized carbons (Fsp3) is 0.400. The molecule has 0 radical (unpaired) electrons. The normalized spacial score (nSPS) is 10.9. The Labute approximate surface area is 108 Å². The first-order chi connectivity index (χ1) is 8.61. The summed E-state index contributed by atoms with van der Waals surface area (Å²) in [7, 11) is 0. The topological polar surface area (TPSA) is 35.5 Å². The zero-order chi connectivity index (χ0) is 13.4. The summed E-state index contributed by atoms with van der Waals surface area (Å²) in [5.74, 6) is 0.487. The smallest absolute Gasteiger partial charge is 0.330 e. The predicted molar refractivity (Wildman–Crippen MR) is 72.5 cm³/mol. The SMILES string of the molecule is CCCOC(=O)/C=C/c1cccc(OC(C)C)c1. The molecule has 0 aromatic heterocycles. The number of ether oxygens (including phenoxy) is 2. The van der Waals surface area contributed by atoms with Crippen LogP contribution in [0.3, 0.4) is 0 Å². The van der Waals surface area contributed by atoms with Crippen LogP contribution in [0.2, 0.25) is 0 Å². The van der Waals surface area contributed by atoms with Gasteiger partial charge in [0.25, 0.3) is 0 Å². The van der Waals surface area contributed by atoms with E-state index in [1.54, 1.807) is 6.08 Å². The highest BCUT2D eigenvalue weighted by Crippen LogP contribution is 2.15. The molecule has 0 bridgehead atoms. The first-order valence-corrected chi connectivity index (χ1v) is 6.23. The highest BCUT2D eigenvalue weighted by atomic mass is 16.5. The number of hydrogen-bond acceptors (Lipinski definition) is 3. The quantitative estimate of drug-likeness (QED) is 0.571. The molecule has 0 atom stereocenters. The van der Waals surface area contributed by atoms with Crippen molar-refractivity contribution in [3.63, 3.8) is 0 Å². The lowest BCUT2D eigenvalue weighted by Crippen LogP contribution is -2.05. The second kappa shape index (κ2) is 7.54. The predicted octanol–water partition coefficient (Wildman–Crippen LogP) is 3.44. The molecule has 0 N–H and O–H groups in total. The maximum absolute atomic E-state index is 11.3. The van der Waals surface area contributed by atoms with Crippen LogP contribution in [0.4, 0.5) is 0 Å². The van der Waals surface area contributed by atoms with Gasteiger partial charge in [-0.15, -0.1) is 0 Å². The standard InChI is InChI=1S/C15H20O3/c1-4-10-17-15(16)9-8-13-6-5-7-14(11-13)18-12(2)3/h5-9,11-12H,4,10H2,1-3H3/b9-8+. The number of rotatable bonds is 6. The van der Waals surface area contributed by atoms with E-state index < -0.39 is 0 Å². The highest BCUT2D eigenvalue weighted by molar-refractivity contribution is 5.87. The molecular weight excluding hydrogens is 228 g/mol. The van der Waals surface area contributed by atoms with E-state index >= 15 is 0 Å². The summed E-state index contributed by atoms with van der Waals surface area (Å²) in [5.41, 5.74) is 0.918. The average Bonchev–Trinajstić information content (AvgIpc) is 2.33. The molecule has 0 aliphatic carbocycles. The molecule has 0 saturated carbocycles. The third-order valence-corrected chi connectivity index (χ3v) is 2.09. The van der Waals surface area contributed by atoms with Gasteiger partial charge in [0.05, 0.1) is 12.7 Å². The molecule has 0 fully saturated rings. The summed E-state index contributed by atoms with van der Waals surface area (Å²) < 4.78 is 10.5. The van der Waals surface area contributed by atoms with Crippen LogP contribution in [-0.2, 0) is 9.53 Å². The zero-order valence-corrected chi connectivity index (χ0v) is 11.2. The Bertz CT molecular complexity index is 408. The van der Waals surface area contributed by atoms with Crippen molar-refractivity contribution < 1.29 is 14.3 Å². The lowest BCUT2D eigenvalue weighted by Gasteiger charge is -2.09. The van der Waals surface area contributed by atoms with Crippen LogP contribution in [0, 0.1) is 0 Å². The van der Waals surface area contributed by atoms with Gasteiger partial charge in [0, 0.05) is 6.08 Å². The van der Waals surface area contributed by atoms with Gasteiger partial charge < -0.3 is 9.47 Å². The van der Waals surface area contributed by atoms with Gasteiger partial charge in [0.2, 0.25) is 0 Å². The molecular formula is C15H20O3. The van der Waals surface area contributed by atoms with E-state index in [1.807, 2.05) is 45.0 Å². The van der Waals surface area contributed by atoms with Crippen molar-refractivity contribution in [3.8, 4) is 5.75 Å². The number of benzene rings is 1. The van der Waals surface area contributed by atoms with E-state index in [-0.39, 0.29) is 12.1 Å². The summed E-state index contributed by atoms with van der Waals surface area (Å²) in [4.78, 5) is 11.3. The Morgan fingerprint density at radius 3 is 2.83 bits per heavy atom. The molecule has 0 aliphatic rings. The lowest BCUT2D eigenvalue weighted by atomic mass is 10.2. The Hall–Kier alpha value is -1.77. The zero-order valence-electron chi connectivity index (χ0n) is 11.2. The summed E-state index contributed by atoms with van der Waals surface area (Å²) in [6, 6.07) is 7.60. The van der Waals surface area contributed by atoms with E-state index in [0.29, 0.717) is 6.61 Å². The summed E-state index contributed by atoms with van der Waals surface area (Å²) in [5, 5.41) is 0. The molecule has 1 aromatic carbocycles. The van der Waals surface area contributed by atoms with E-state index in [1.165, 1.54) is 6.08 Å². The van der Waals surface area contributed by atoms with E-state index in [9.17, 15) is 4.79 Å². The maximum Gasteiger partial charge on any atom is 0.330 e. The van der Waals surface area contributed by atoms with E-state index in [0.717, 1.165) is 17.7 Å². The van der Waals surface area contributed by atoms with Gasteiger partial charge in [0.15, 0.2) is 0 Å². The maximum atomic E-state index is 11.3. The minimum atomic E-state index is -0.313. The highest BCUT2D eigenvalue weighted by Gasteiger charge is 1.99. The molecule has 1 rings (SSSR count). The average molecular weight is 248 g/mol. The second-order valence-electron chi connectivity index (χ2n) is 4.24. The Morgan fingerprint density at radius 1 is 1.39 bits per heavy atom. The number of carbonyl (C=O) groups excluding carboxylic acids is 1. The van der Waals surface area contributed by atoms with Crippen molar-refractivity contribution in [1.29, 1.82) is 0 Å². The van der Waals surface area contributed by atoms with Gasteiger partial charge in [-0.05, 0) is 44.0 Å². The molecule has 0 unspecified atom stereocenters. The van der Waals surface area contributed by atoms with E-state index in [2.05, 4.69) is 0 Å². The van der Waals surface area contributed by atoms with Gasteiger partial charge >= 0.3 is 5.97 Å². The van der Waals surface area contributed by atoms with Crippen LogP contribution in [0.5, 0.6) is 5.75 Å². The summed E-state index contributed by atoms with van der Waals surface area (Å²) >= 11 is 0. The second-order valence-corrected chi connectivity index (χ2v) is 4.24. The van der Waals surface area contributed by atoms with Crippen molar-refractivity contribution in [2.24, 2.45) is 0 Å². The minimum absolute atomic E-state index is 0.138. The number of esters is 1. The van der Waals surface area contributed by atoms with Crippen LogP contribution < -0.4 is 4.74 Å². The van der Waals surface area contributed by atoms with Crippen LogP contribution in [-0.4, -0.2) is 18.7 Å². The van der Waals surface area contributed by atoms with Crippen LogP contribution in [0.1, 0.15) is 32.8 Å². The summed E-state index contributed by atoms with van der Waals surface area (Å²) in [6.45, 7) is 6.37. The molecule has 3 heteroatoms. The van der Waals surface area contributed by atoms with Crippen LogP contribution in [0.15, 0.2) is 30.3 Å². The van der Waals surface area contributed by atoms with Crippen molar-refractivity contribution in [2.75, 3.05) is 6.61 Å². The molecule has 1 aromatic rings. The molecule has 98 valence electrons. The molecule has 18 heavy (non-hydrogen) atoms. The number of carbonyl (C=O) groups is 1. The van der Waals surface area contributed by atoms with Crippen molar-refractivity contribution in [3.05, 3.63) is 35.9 Å². The Kier molecular flexibility index (Phi) is 5.98. The Morgan fingerprint density at radius 2 is 2.17 bits per heavy atom. The fourth-order valence-electron chi connectivity index (χ4n) is 1.38. The minimum Gasteiger partial charge on any atom is -0.491 e. The molecule has 0 aliphatic heterocycles. The van der Waals surface area contributed by atoms with Gasteiger partial charge in [-0.2, -0.15) is 0 Å². The first-order valence-electron chi connectivity index (χ1n) is 6.23. The fourth-order valence-corrected chi connectivity index (χ4v) is 1.38. The molecule has 0 amide bonds. The third-order valence-electron chi connectivity index (χ3n) is 2.09.